The summed E-state index contributed by atoms with van der Waals surface area (Å²) in [4.78, 5) is 24.4. The zero-order valence-electron chi connectivity index (χ0n) is 18.6. The van der Waals surface area contributed by atoms with Gasteiger partial charge in [0, 0.05) is 10.8 Å². The average Bonchev–Trinajstić information content (AvgIpc) is 3.11. The lowest BCUT2D eigenvalue weighted by Crippen LogP contribution is -2.69. The van der Waals surface area contributed by atoms with Gasteiger partial charge in [-0.3, -0.25) is 9.59 Å². The summed E-state index contributed by atoms with van der Waals surface area (Å²) in [6.45, 7) is 6.33. The van der Waals surface area contributed by atoms with Gasteiger partial charge in [0.1, 0.15) is 0 Å². The second-order valence-corrected chi connectivity index (χ2v) is 12.6. The highest BCUT2D eigenvalue weighted by atomic mass is 35.5. The molecule has 0 aromatic rings. The topological polar surface area (TPSA) is 52.6 Å². The lowest BCUT2D eigenvalue weighted by Gasteiger charge is -2.64. The molecule has 1 aliphatic heterocycles. The van der Waals surface area contributed by atoms with Crippen molar-refractivity contribution in [3.05, 3.63) is 23.8 Å². The fourth-order valence-electron chi connectivity index (χ4n) is 7.84. The Morgan fingerprint density at radius 2 is 1.88 bits per heavy atom. The Labute approximate surface area is 202 Å². The molecule has 32 heavy (non-hydrogen) atoms. The predicted octanol–water partition coefficient (Wildman–Crippen LogP) is 5.13. The highest BCUT2D eigenvalue weighted by molar-refractivity contribution is 6.34. The zero-order valence-corrected chi connectivity index (χ0v) is 20.9. The first-order chi connectivity index (χ1) is 14.8. The molecule has 0 N–H and O–H groups in total. The van der Waals surface area contributed by atoms with Gasteiger partial charge in [0.25, 0.3) is 0 Å². The standard InChI is InChI=1S/C24H28Cl3FO4/c1-20(2)31-19-9-13-14-8-16(25)15-7-12(29)5-6-21(15,3)23(14,27)17(26)10-22(13,4)24(19,32-20)18(30)11-28/h5-7,13-14,16-17,19H,8-11H2,1-4H3/t13-,14-,16-,17-,19+,21-,22-,23-,24+/m0/s1. The van der Waals surface area contributed by atoms with E-state index >= 15 is 0 Å². The maximum Gasteiger partial charge on any atom is 0.198 e. The molecule has 0 amide bonds. The molecule has 1 heterocycles. The van der Waals surface area contributed by atoms with Gasteiger partial charge in [0.05, 0.1) is 21.7 Å². The van der Waals surface area contributed by atoms with Crippen LogP contribution in [0.5, 0.6) is 0 Å². The number of rotatable bonds is 2. The summed E-state index contributed by atoms with van der Waals surface area (Å²) in [7, 11) is 0. The fourth-order valence-corrected chi connectivity index (χ4v) is 9.52. The monoisotopic (exact) mass is 504 g/mol. The van der Waals surface area contributed by atoms with Crippen molar-refractivity contribution in [3.63, 3.8) is 0 Å². The molecule has 0 aromatic carbocycles. The van der Waals surface area contributed by atoms with E-state index in [1.807, 2.05) is 19.9 Å². The van der Waals surface area contributed by atoms with Crippen LogP contribution in [-0.4, -0.2) is 51.4 Å². The second kappa shape index (κ2) is 6.81. The number of hydrogen-bond acceptors (Lipinski definition) is 4. The van der Waals surface area contributed by atoms with Crippen LogP contribution in [0, 0.1) is 22.7 Å². The van der Waals surface area contributed by atoms with E-state index in [1.54, 1.807) is 19.9 Å². The number of carbonyl (C=O) groups excluding carboxylic acids is 2. The number of alkyl halides is 4. The van der Waals surface area contributed by atoms with Crippen molar-refractivity contribution in [3.8, 4) is 0 Å². The Morgan fingerprint density at radius 3 is 2.53 bits per heavy atom. The smallest absolute Gasteiger partial charge is 0.198 e. The van der Waals surface area contributed by atoms with Crippen molar-refractivity contribution >= 4 is 46.4 Å². The first kappa shape index (κ1) is 23.3. The minimum atomic E-state index is -1.42. The Kier molecular flexibility index (Phi) is 4.96. The molecule has 0 aromatic heterocycles. The van der Waals surface area contributed by atoms with E-state index in [0.29, 0.717) is 19.3 Å². The number of allylic oxidation sites excluding steroid dienone is 4. The Hall–Kier alpha value is -0.460. The molecule has 0 radical (unpaired) electrons. The van der Waals surface area contributed by atoms with Crippen LogP contribution >= 0.6 is 34.8 Å². The average molecular weight is 506 g/mol. The highest BCUT2D eigenvalue weighted by Gasteiger charge is 2.79. The quantitative estimate of drug-likeness (QED) is 0.488. The molecule has 0 bridgehead atoms. The first-order valence-electron chi connectivity index (χ1n) is 11.2. The Bertz CT molecular complexity index is 965. The lowest BCUT2D eigenvalue weighted by molar-refractivity contribution is -0.212. The van der Waals surface area contributed by atoms with Gasteiger partial charge in [0.2, 0.25) is 0 Å². The molecule has 1 saturated heterocycles. The molecule has 9 atom stereocenters. The van der Waals surface area contributed by atoms with E-state index in [1.165, 1.54) is 6.08 Å². The van der Waals surface area contributed by atoms with E-state index in [4.69, 9.17) is 44.3 Å². The van der Waals surface area contributed by atoms with E-state index in [2.05, 4.69) is 0 Å². The molecule has 4 aliphatic carbocycles. The third-order valence-electron chi connectivity index (χ3n) is 9.11. The van der Waals surface area contributed by atoms with E-state index < -0.39 is 56.4 Å². The van der Waals surface area contributed by atoms with Gasteiger partial charge in [-0.1, -0.05) is 19.9 Å². The summed E-state index contributed by atoms with van der Waals surface area (Å²) in [6, 6.07) is 0. The molecule has 0 spiro atoms. The van der Waals surface area contributed by atoms with Crippen molar-refractivity contribution in [2.45, 2.75) is 80.1 Å². The zero-order chi connectivity index (χ0) is 23.5. The van der Waals surface area contributed by atoms with Crippen LogP contribution in [-0.2, 0) is 19.1 Å². The number of hydrogen-bond donors (Lipinski definition) is 0. The molecule has 3 saturated carbocycles. The van der Waals surface area contributed by atoms with Crippen LogP contribution in [0.4, 0.5) is 4.39 Å². The minimum Gasteiger partial charge on any atom is -0.344 e. The van der Waals surface area contributed by atoms with E-state index in [0.717, 1.165) is 5.57 Å². The van der Waals surface area contributed by atoms with Gasteiger partial charge in [-0.2, -0.15) is 0 Å². The third kappa shape index (κ3) is 2.53. The second-order valence-electron chi connectivity index (χ2n) is 10.9. The Morgan fingerprint density at radius 1 is 1.19 bits per heavy atom. The molecule has 176 valence electrons. The highest BCUT2D eigenvalue weighted by Crippen LogP contribution is 2.74. The number of Topliss-reactive ketones (excluding diaryl/α,β-unsaturated/α-hetero) is 1. The van der Waals surface area contributed by atoms with Gasteiger partial charge in [-0.15, -0.1) is 34.8 Å². The SMILES string of the molecule is CC1(C)O[C@@H]2C[C@H]3[C@@H]4C[C@H](Cl)C5=CC(=O)C=C[C@]5(C)[C@@]4(Cl)[C@@H](Cl)C[C@]3(C)[C@]2(C(=O)CF)O1. The summed E-state index contributed by atoms with van der Waals surface area (Å²) in [5, 5.41) is -0.968. The molecule has 5 rings (SSSR count). The molecule has 0 unspecified atom stereocenters. The number of ketones is 2. The van der Waals surface area contributed by atoms with Crippen LogP contribution in [0.1, 0.15) is 47.0 Å². The maximum absolute atomic E-state index is 13.9. The summed E-state index contributed by atoms with van der Waals surface area (Å²) >= 11 is 21.5. The Balaban J connectivity index is 1.66. The molecular formula is C24H28Cl3FO4. The van der Waals surface area contributed by atoms with E-state index in [9.17, 15) is 14.0 Å². The molecule has 5 aliphatic rings. The van der Waals surface area contributed by atoms with Gasteiger partial charge in [-0.25, -0.2) is 4.39 Å². The number of fused-ring (bicyclic) bond motifs is 7. The minimum absolute atomic E-state index is 0.111. The van der Waals surface area contributed by atoms with Crippen LogP contribution in [0.2, 0.25) is 0 Å². The molecular weight excluding hydrogens is 478 g/mol. The summed E-state index contributed by atoms with van der Waals surface area (Å²) in [6.07, 6.45) is 5.75. The number of carbonyl (C=O) groups is 2. The number of ether oxygens (including phenoxy) is 2. The van der Waals surface area contributed by atoms with Crippen molar-refractivity contribution in [2.24, 2.45) is 22.7 Å². The van der Waals surface area contributed by atoms with E-state index in [-0.39, 0.29) is 17.6 Å². The third-order valence-corrected chi connectivity index (χ3v) is 11.1. The van der Waals surface area contributed by atoms with Crippen molar-refractivity contribution in [1.82, 2.24) is 0 Å². The van der Waals surface area contributed by atoms with Crippen LogP contribution < -0.4 is 0 Å². The van der Waals surface area contributed by atoms with Crippen LogP contribution in [0.3, 0.4) is 0 Å². The number of halogens is 4. The van der Waals surface area contributed by atoms with Crippen molar-refractivity contribution < 1.29 is 23.5 Å². The molecule has 4 nitrogen and oxygen atoms in total. The van der Waals surface area contributed by atoms with Crippen molar-refractivity contribution in [1.29, 1.82) is 0 Å². The van der Waals surface area contributed by atoms with Crippen LogP contribution in [0.15, 0.2) is 23.8 Å². The largest absolute Gasteiger partial charge is 0.344 e. The van der Waals surface area contributed by atoms with Gasteiger partial charge >= 0.3 is 0 Å². The van der Waals surface area contributed by atoms with Gasteiger partial charge in [0.15, 0.2) is 29.6 Å². The van der Waals surface area contributed by atoms with Crippen LogP contribution in [0.25, 0.3) is 0 Å². The first-order valence-corrected chi connectivity index (χ1v) is 12.4. The predicted molar refractivity (Wildman–Crippen MR) is 121 cm³/mol. The fraction of sp³-hybridized carbons (Fsp3) is 0.750. The normalized spacial score (nSPS) is 53.2. The van der Waals surface area contributed by atoms with Gasteiger partial charge < -0.3 is 9.47 Å². The molecule has 4 fully saturated rings. The molecule has 8 heteroatoms. The summed E-state index contributed by atoms with van der Waals surface area (Å²) in [5.74, 6) is -2.01. The maximum atomic E-state index is 13.9. The van der Waals surface area contributed by atoms with Gasteiger partial charge in [-0.05, 0) is 62.7 Å². The lowest BCUT2D eigenvalue weighted by atomic mass is 9.46. The summed E-state index contributed by atoms with van der Waals surface area (Å²) in [5.41, 5.74) is -2.12. The van der Waals surface area contributed by atoms with Crippen molar-refractivity contribution in [2.75, 3.05) is 6.67 Å². The summed E-state index contributed by atoms with van der Waals surface area (Å²) < 4.78 is 26.4.